The molecule has 0 amide bonds. The van der Waals surface area contributed by atoms with E-state index in [4.69, 9.17) is 16.3 Å². The van der Waals surface area contributed by atoms with Crippen LogP contribution in [-0.4, -0.2) is 17.5 Å². The van der Waals surface area contributed by atoms with Crippen molar-refractivity contribution in [3.05, 3.63) is 84.3 Å². The molecule has 3 rings (SSSR count). The van der Waals surface area contributed by atoms with Crippen LogP contribution in [0.25, 0.3) is 5.70 Å². The lowest BCUT2D eigenvalue weighted by Gasteiger charge is -2.27. The molecule has 0 aliphatic carbocycles. The minimum Gasteiger partial charge on any atom is -0.463 e. The van der Waals surface area contributed by atoms with Crippen LogP contribution in [-0.2, 0) is 9.53 Å². The molecule has 1 unspecified atom stereocenters. The van der Waals surface area contributed by atoms with Crippen molar-refractivity contribution < 1.29 is 14.5 Å². The number of nitrogens with one attached hydrogen (secondary N) is 1. The number of carbonyl (C=O) groups excluding carboxylic acids is 1. The summed E-state index contributed by atoms with van der Waals surface area (Å²) in [5, 5.41) is 17.3. The summed E-state index contributed by atoms with van der Waals surface area (Å²) >= 11 is 7.73. The monoisotopic (exact) mass is 404 g/mol. The molecule has 1 atom stereocenters. The second kappa shape index (κ2) is 7.94. The van der Waals surface area contributed by atoms with Crippen molar-refractivity contribution >= 4 is 34.6 Å². The van der Waals surface area contributed by atoms with Gasteiger partial charge in [0.1, 0.15) is 11.6 Å². The molecule has 140 valence electrons. The Kier molecular flexibility index (Phi) is 5.62. The average molecular weight is 405 g/mol. The first-order valence-electron chi connectivity index (χ1n) is 8.27. The van der Waals surface area contributed by atoms with E-state index in [0.717, 1.165) is 0 Å². The van der Waals surface area contributed by atoms with Gasteiger partial charge >= 0.3 is 5.97 Å². The highest BCUT2D eigenvalue weighted by Gasteiger charge is 2.43. The highest BCUT2D eigenvalue weighted by molar-refractivity contribution is 7.11. The number of thiophene rings is 1. The summed E-state index contributed by atoms with van der Waals surface area (Å²) in [6.07, 6.45) is 0. The predicted molar refractivity (Wildman–Crippen MR) is 105 cm³/mol. The van der Waals surface area contributed by atoms with E-state index in [1.807, 2.05) is 11.4 Å². The fraction of sp³-hybridized carbons (Fsp3) is 0.211. The van der Waals surface area contributed by atoms with Crippen LogP contribution in [0.2, 0.25) is 5.02 Å². The van der Waals surface area contributed by atoms with Gasteiger partial charge in [-0.15, -0.1) is 11.3 Å². The Morgan fingerprint density at radius 3 is 2.67 bits per heavy atom. The Hall–Kier alpha value is -2.64. The Labute approximate surface area is 165 Å². The molecule has 1 aromatic heterocycles. The maximum atomic E-state index is 12.7. The zero-order valence-electron chi connectivity index (χ0n) is 14.7. The lowest BCUT2D eigenvalue weighted by atomic mass is 9.83. The van der Waals surface area contributed by atoms with E-state index in [-0.39, 0.29) is 17.9 Å². The van der Waals surface area contributed by atoms with Crippen molar-refractivity contribution in [3.8, 4) is 0 Å². The van der Waals surface area contributed by atoms with Gasteiger partial charge in [0.25, 0.3) is 5.70 Å². The third kappa shape index (κ3) is 3.61. The standard InChI is InChI=1S/C19H17ClN2O4S/c1-3-26-19(23)15-11(2)21-17(14-9-6-10-27-14)18(22(24)25)16(15)12-7-4-5-8-13(12)20/h4-10,16,21H,3H2,1-2H3. The van der Waals surface area contributed by atoms with E-state index in [0.29, 0.717) is 26.9 Å². The highest BCUT2D eigenvalue weighted by atomic mass is 35.5. The van der Waals surface area contributed by atoms with Crippen LogP contribution in [0.5, 0.6) is 0 Å². The van der Waals surface area contributed by atoms with Gasteiger partial charge in [-0.25, -0.2) is 4.79 Å². The van der Waals surface area contributed by atoms with E-state index in [2.05, 4.69) is 5.32 Å². The van der Waals surface area contributed by atoms with E-state index in [9.17, 15) is 14.9 Å². The van der Waals surface area contributed by atoms with Gasteiger partial charge in [0, 0.05) is 10.7 Å². The van der Waals surface area contributed by atoms with E-state index < -0.39 is 16.8 Å². The first-order chi connectivity index (χ1) is 13.0. The van der Waals surface area contributed by atoms with Crippen LogP contribution in [0.3, 0.4) is 0 Å². The van der Waals surface area contributed by atoms with Gasteiger partial charge < -0.3 is 10.1 Å². The molecule has 0 bridgehead atoms. The number of hydrogen-bond acceptors (Lipinski definition) is 6. The summed E-state index contributed by atoms with van der Waals surface area (Å²) in [4.78, 5) is 25.0. The van der Waals surface area contributed by atoms with E-state index >= 15 is 0 Å². The van der Waals surface area contributed by atoms with Crippen molar-refractivity contribution in [3.63, 3.8) is 0 Å². The molecular weight excluding hydrogens is 388 g/mol. The molecule has 0 spiro atoms. The molecular formula is C19H17ClN2O4S. The normalized spacial score (nSPS) is 16.9. The molecule has 8 heteroatoms. The number of benzene rings is 1. The molecule has 27 heavy (non-hydrogen) atoms. The number of nitrogens with zero attached hydrogens (tertiary/aromatic N) is 1. The summed E-state index contributed by atoms with van der Waals surface area (Å²) in [5.74, 6) is -1.54. The van der Waals surface area contributed by atoms with Crippen LogP contribution in [0.1, 0.15) is 30.2 Å². The van der Waals surface area contributed by atoms with Gasteiger partial charge in [-0.05, 0) is 36.9 Å². The number of nitro groups is 1. The van der Waals surface area contributed by atoms with Crippen molar-refractivity contribution in [2.75, 3.05) is 6.61 Å². The number of ether oxygens (including phenoxy) is 1. The summed E-state index contributed by atoms with van der Waals surface area (Å²) in [5.41, 5.74) is 1.43. The van der Waals surface area contributed by atoms with Crippen molar-refractivity contribution in [2.45, 2.75) is 19.8 Å². The summed E-state index contributed by atoms with van der Waals surface area (Å²) < 4.78 is 5.17. The summed E-state index contributed by atoms with van der Waals surface area (Å²) in [7, 11) is 0. The maximum absolute atomic E-state index is 12.7. The lowest BCUT2D eigenvalue weighted by molar-refractivity contribution is -0.428. The average Bonchev–Trinajstić information content (AvgIpc) is 3.15. The second-order valence-corrected chi connectivity index (χ2v) is 7.19. The molecule has 0 saturated heterocycles. The van der Waals surface area contributed by atoms with Gasteiger partial charge in [-0.1, -0.05) is 35.9 Å². The van der Waals surface area contributed by atoms with Crippen molar-refractivity contribution in [2.24, 2.45) is 0 Å². The zero-order valence-corrected chi connectivity index (χ0v) is 16.3. The van der Waals surface area contributed by atoms with Gasteiger partial charge in [-0.2, -0.15) is 0 Å². The van der Waals surface area contributed by atoms with Gasteiger partial charge in [-0.3, -0.25) is 10.1 Å². The molecule has 1 aliphatic rings. The second-order valence-electron chi connectivity index (χ2n) is 5.83. The number of rotatable bonds is 5. The molecule has 1 aromatic carbocycles. The Bertz CT molecular complexity index is 950. The Morgan fingerprint density at radius 2 is 2.07 bits per heavy atom. The first kappa shape index (κ1) is 19.1. The molecule has 0 radical (unpaired) electrons. The number of allylic oxidation sites excluding steroid dienone is 2. The van der Waals surface area contributed by atoms with Crippen molar-refractivity contribution in [1.29, 1.82) is 0 Å². The third-order valence-electron chi connectivity index (χ3n) is 4.21. The van der Waals surface area contributed by atoms with Crippen LogP contribution in [0, 0.1) is 10.1 Å². The number of carbonyl (C=O) groups is 1. The quantitative estimate of drug-likeness (QED) is 0.448. The number of dihydropyridines is 1. The summed E-state index contributed by atoms with van der Waals surface area (Å²) in [6, 6.07) is 10.4. The SMILES string of the molecule is CCOC(=O)C1=C(C)NC(c2cccs2)=C([N+](=O)[O-])C1c1ccccc1Cl. The molecule has 2 heterocycles. The smallest absolute Gasteiger partial charge is 0.336 e. The van der Waals surface area contributed by atoms with Gasteiger partial charge in [0.05, 0.1) is 22.0 Å². The van der Waals surface area contributed by atoms with E-state index in [1.165, 1.54) is 11.3 Å². The Morgan fingerprint density at radius 1 is 1.33 bits per heavy atom. The largest absolute Gasteiger partial charge is 0.463 e. The zero-order chi connectivity index (χ0) is 19.6. The topological polar surface area (TPSA) is 81.5 Å². The van der Waals surface area contributed by atoms with Gasteiger partial charge in [0.15, 0.2) is 0 Å². The number of hydrogen-bond donors (Lipinski definition) is 1. The number of halogens is 1. The summed E-state index contributed by atoms with van der Waals surface area (Å²) in [6.45, 7) is 3.57. The third-order valence-corrected chi connectivity index (χ3v) is 5.44. The minimum absolute atomic E-state index is 0.126. The first-order valence-corrected chi connectivity index (χ1v) is 9.53. The lowest BCUT2D eigenvalue weighted by Crippen LogP contribution is -2.31. The molecule has 6 nitrogen and oxygen atoms in total. The molecule has 0 saturated carbocycles. The van der Waals surface area contributed by atoms with Crippen LogP contribution in [0.15, 0.2) is 58.7 Å². The highest BCUT2D eigenvalue weighted by Crippen LogP contribution is 2.44. The molecule has 1 N–H and O–H groups in total. The maximum Gasteiger partial charge on any atom is 0.336 e. The van der Waals surface area contributed by atoms with Gasteiger partial charge in [0.2, 0.25) is 0 Å². The van der Waals surface area contributed by atoms with E-state index in [1.54, 1.807) is 44.2 Å². The van der Waals surface area contributed by atoms with Crippen molar-refractivity contribution in [1.82, 2.24) is 5.32 Å². The molecule has 0 fully saturated rings. The molecule has 1 aliphatic heterocycles. The minimum atomic E-state index is -0.939. The number of esters is 1. The molecule has 2 aromatic rings. The predicted octanol–water partition coefficient (Wildman–Crippen LogP) is 4.57. The fourth-order valence-electron chi connectivity index (χ4n) is 3.11. The van der Waals surface area contributed by atoms with Crippen LogP contribution < -0.4 is 5.32 Å². The Balaban J connectivity index is 2.29. The van der Waals surface area contributed by atoms with Crippen LogP contribution >= 0.6 is 22.9 Å². The van der Waals surface area contributed by atoms with Crippen LogP contribution in [0.4, 0.5) is 0 Å². The fourth-order valence-corrected chi connectivity index (χ4v) is 4.09.